The third kappa shape index (κ3) is 5.16. The molecule has 0 amide bonds. The molecular formula is C18H20ClFN2O4. The lowest BCUT2D eigenvalue weighted by Crippen LogP contribution is -2.06. The number of nitrogens with zero attached hydrogens (tertiary/aromatic N) is 2. The van der Waals surface area contributed by atoms with E-state index in [-0.39, 0.29) is 16.4 Å². The summed E-state index contributed by atoms with van der Waals surface area (Å²) in [7, 11) is 4.90. The molecule has 26 heavy (non-hydrogen) atoms. The first kappa shape index (κ1) is 21.4. The minimum Gasteiger partial charge on any atom is -0.471 e. The van der Waals surface area contributed by atoms with E-state index in [1.807, 2.05) is 0 Å². The molecule has 2 rings (SSSR count). The van der Waals surface area contributed by atoms with Gasteiger partial charge < -0.3 is 14.2 Å². The highest BCUT2D eigenvalue weighted by Gasteiger charge is 2.23. The van der Waals surface area contributed by atoms with Crippen LogP contribution in [0.25, 0.3) is 16.8 Å². The SMILES string of the molecule is CC(=O)/C(=C\N(C)C)c1onc(-c2c(F)cccc2Cl)c1C.COC=O. The van der Waals surface area contributed by atoms with Gasteiger partial charge in [0.25, 0.3) is 6.47 Å². The number of ketones is 1. The summed E-state index contributed by atoms with van der Waals surface area (Å²) in [6.07, 6.45) is 1.64. The second-order valence-electron chi connectivity index (χ2n) is 5.48. The van der Waals surface area contributed by atoms with Crippen molar-refractivity contribution >= 4 is 29.4 Å². The van der Waals surface area contributed by atoms with Crippen molar-refractivity contribution < 1.29 is 23.2 Å². The van der Waals surface area contributed by atoms with Crippen LogP contribution in [0.3, 0.4) is 0 Å². The number of benzene rings is 1. The van der Waals surface area contributed by atoms with Crippen LogP contribution in [-0.2, 0) is 14.3 Å². The van der Waals surface area contributed by atoms with Crippen molar-refractivity contribution in [1.82, 2.24) is 10.1 Å². The van der Waals surface area contributed by atoms with E-state index in [2.05, 4.69) is 9.89 Å². The largest absolute Gasteiger partial charge is 0.471 e. The molecular weight excluding hydrogens is 363 g/mol. The fourth-order valence-electron chi connectivity index (χ4n) is 2.11. The highest BCUT2D eigenvalue weighted by molar-refractivity contribution is 6.33. The fourth-order valence-corrected chi connectivity index (χ4v) is 2.36. The van der Waals surface area contributed by atoms with Crippen molar-refractivity contribution in [3.63, 3.8) is 0 Å². The van der Waals surface area contributed by atoms with Gasteiger partial charge in [-0.2, -0.15) is 0 Å². The van der Waals surface area contributed by atoms with Crippen molar-refractivity contribution in [1.29, 1.82) is 0 Å². The van der Waals surface area contributed by atoms with Gasteiger partial charge >= 0.3 is 0 Å². The first-order valence-corrected chi connectivity index (χ1v) is 7.89. The molecule has 2 aromatic rings. The Balaban J connectivity index is 0.000000765. The van der Waals surface area contributed by atoms with Crippen molar-refractivity contribution in [2.75, 3.05) is 21.2 Å². The number of carbonyl (C=O) groups excluding carboxylic acids is 2. The van der Waals surface area contributed by atoms with E-state index < -0.39 is 5.82 Å². The van der Waals surface area contributed by atoms with E-state index in [0.717, 1.165) is 0 Å². The Morgan fingerprint density at radius 2 is 2.00 bits per heavy atom. The minimum atomic E-state index is -0.489. The van der Waals surface area contributed by atoms with Gasteiger partial charge in [-0.25, -0.2) is 4.39 Å². The second kappa shape index (κ2) is 9.72. The van der Waals surface area contributed by atoms with E-state index in [4.69, 9.17) is 20.9 Å². The van der Waals surface area contributed by atoms with Crippen LogP contribution in [0, 0.1) is 12.7 Å². The maximum atomic E-state index is 14.0. The fraction of sp³-hybridized carbons (Fsp3) is 0.278. The zero-order valence-electron chi connectivity index (χ0n) is 15.2. The lowest BCUT2D eigenvalue weighted by Gasteiger charge is -2.08. The number of aromatic nitrogens is 1. The van der Waals surface area contributed by atoms with Gasteiger partial charge in [-0.3, -0.25) is 9.59 Å². The van der Waals surface area contributed by atoms with Crippen molar-refractivity contribution in [3.8, 4) is 11.3 Å². The molecule has 0 unspecified atom stereocenters. The third-order valence-corrected chi connectivity index (χ3v) is 3.55. The summed E-state index contributed by atoms with van der Waals surface area (Å²) in [4.78, 5) is 22.5. The van der Waals surface area contributed by atoms with Gasteiger partial charge in [0.15, 0.2) is 11.5 Å². The van der Waals surface area contributed by atoms with E-state index in [9.17, 15) is 9.18 Å². The van der Waals surface area contributed by atoms with Crippen LogP contribution in [0.15, 0.2) is 28.9 Å². The Kier molecular flexibility index (Phi) is 7.99. The number of allylic oxidation sites excluding steroid dienone is 1. The number of methoxy groups -OCH3 is 1. The van der Waals surface area contributed by atoms with E-state index in [1.54, 1.807) is 38.2 Å². The standard InChI is InChI=1S/C16H16ClFN2O2.C2H4O2/c1-9-15(14-12(17)6-5-7-13(14)18)19-22-16(9)11(10(2)21)8-20(3)4;1-4-2-3/h5-8H,1-4H3;2H,1H3/b11-8+;. The first-order valence-electron chi connectivity index (χ1n) is 7.51. The molecule has 0 spiro atoms. The molecule has 8 heteroatoms. The highest BCUT2D eigenvalue weighted by Crippen LogP contribution is 2.35. The van der Waals surface area contributed by atoms with E-state index in [1.165, 1.54) is 26.2 Å². The zero-order chi connectivity index (χ0) is 19.9. The number of Topliss-reactive ketones (excluding diaryl/α,β-unsaturated/α-hetero) is 1. The third-order valence-electron chi connectivity index (χ3n) is 3.23. The predicted molar refractivity (Wildman–Crippen MR) is 97.1 cm³/mol. The molecule has 6 nitrogen and oxygen atoms in total. The Hall–Kier alpha value is -2.67. The average molecular weight is 383 g/mol. The molecule has 0 bridgehead atoms. The van der Waals surface area contributed by atoms with Crippen LogP contribution in [0.1, 0.15) is 18.2 Å². The van der Waals surface area contributed by atoms with Crippen LogP contribution < -0.4 is 0 Å². The summed E-state index contributed by atoms with van der Waals surface area (Å²) < 4.78 is 23.2. The van der Waals surface area contributed by atoms with E-state index in [0.29, 0.717) is 29.1 Å². The van der Waals surface area contributed by atoms with Gasteiger partial charge in [0.2, 0.25) is 0 Å². The highest BCUT2D eigenvalue weighted by atomic mass is 35.5. The molecule has 0 radical (unpaired) electrons. The van der Waals surface area contributed by atoms with Crippen LogP contribution in [0.4, 0.5) is 4.39 Å². The molecule has 1 aromatic heterocycles. The molecule has 1 heterocycles. The molecule has 0 fully saturated rings. The zero-order valence-corrected chi connectivity index (χ0v) is 15.9. The van der Waals surface area contributed by atoms with Gasteiger partial charge in [-0.15, -0.1) is 0 Å². The smallest absolute Gasteiger partial charge is 0.292 e. The average Bonchev–Trinajstić information content (AvgIpc) is 2.94. The number of hydrogen-bond acceptors (Lipinski definition) is 6. The van der Waals surface area contributed by atoms with Crippen molar-refractivity contribution in [2.45, 2.75) is 13.8 Å². The van der Waals surface area contributed by atoms with Gasteiger partial charge in [0.05, 0.1) is 23.3 Å². The van der Waals surface area contributed by atoms with Gasteiger partial charge in [-0.1, -0.05) is 22.8 Å². The van der Waals surface area contributed by atoms with Gasteiger partial charge in [-0.05, 0) is 26.0 Å². The Morgan fingerprint density at radius 3 is 2.46 bits per heavy atom. The predicted octanol–water partition coefficient (Wildman–Crippen LogP) is 3.72. The van der Waals surface area contributed by atoms with Crippen LogP contribution in [0.5, 0.6) is 0 Å². The molecule has 1 aromatic carbocycles. The number of carbonyl (C=O) groups is 2. The Bertz CT molecular complexity index is 795. The van der Waals surface area contributed by atoms with Gasteiger partial charge in [0, 0.05) is 25.9 Å². The summed E-state index contributed by atoms with van der Waals surface area (Å²) in [5.41, 5.74) is 1.40. The maximum Gasteiger partial charge on any atom is 0.292 e. The molecule has 0 saturated carbocycles. The maximum absolute atomic E-state index is 14.0. The van der Waals surface area contributed by atoms with E-state index >= 15 is 0 Å². The summed E-state index contributed by atoms with van der Waals surface area (Å²) in [6, 6.07) is 4.40. The van der Waals surface area contributed by atoms with Crippen LogP contribution >= 0.6 is 11.6 Å². The first-order chi connectivity index (χ1) is 12.2. The Morgan fingerprint density at radius 1 is 1.38 bits per heavy atom. The summed E-state index contributed by atoms with van der Waals surface area (Å²) in [6.45, 7) is 3.53. The Labute approximate surface area is 156 Å². The lowest BCUT2D eigenvalue weighted by atomic mass is 10.0. The lowest BCUT2D eigenvalue weighted by molar-refractivity contribution is -0.126. The number of ether oxygens (including phenoxy) is 1. The molecule has 0 atom stereocenters. The summed E-state index contributed by atoms with van der Waals surface area (Å²) in [5.74, 6) is -0.342. The summed E-state index contributed by atoms with van der Waals surface area (Å²) >= 11 is 6.06. The van der Waals surface area contributed by atoms with Crippen molar-refractivity contribution in [3.05, 3.63) is 46.6 Å². The van der Waals surface area contributed by atoms with Crippen LogP contribution in [0.2, 0.25) is 5.02 Å². The molecule has 0 saturated heterocycles. The molecule has 140 valence electrons. The molecule has 0 aliphatic heterocycles. The number of halogens is 2. The number of hydrogen-bond donors (Lipinski definition) is 0. The normalized spacial score (nSPS) is 10.7. The second-order valence-corrected chi connectivity index (χ2v) is 5.88. The van der Waals surface area contributed by atoms with Gasteiger partial charge in [0.1, 0.15) is 11.5 Å². The topological polar surface area (TPSA) is 72.6 Å². The molecule has 0 aliphatic rings. The minimum absolute atomic E-state index is 0.167. The van der Waals surface area contributed by atoms with Crippen LogP contribution in [-0.4, -0.2) is 43.5 Å². The summed E-state index contributed by atoms with van der Waals surface area (Å²) in [5, 5.41) is 4.15. The van der Waals surface area contributed by atoms with Crippen molar-refractivity contribution in [2.24, 2.45) is 0 Å². The molecule has 0 N–H and O–H groups in total. The molecule has 0 aliphatic carbocycles. The monoisotopic (exact) mass is 382 g/mol. The number of rotatable bonds is 5. The quantitative estimate of drug-likeness (QED) is 0.579.